The molecule has 0 radical (unpaired) electrons. The molecule has 3 N–H and O–H groups in total. The first kappa shape index (κ1) is 19.2. The van der Waals surface area contributed by atoms with E-state index in [0.29, 0.717) is 17.5 Å². The highest BCUT2D eigenvalue weighted by molar-refractivity contribution is 5.92. The molecule has 0 spiro atoms. The molecule has 2 unspecified atom stereocenters. The van der Waals surface area contributed by atoms with Crippen LogP contribution in [0.3, 0.4) is 0 Å². The van der Waals surface area contributed by atoms with Crippen molar-refractivity contribution in [3.63, 3.8) is 0 Å². The van der Waals surface area contributed by atoms with Crippen molar-refractivity contribution in [1.82, 2.24) is 10.1 Å². The van der Waals surface area contributed by atoms with Crippen LogP contribution in [0.1, 0.15) is 37.4 Å². The van der Waals surface area contributed by atoms with Crippen molar-refractivity contribution in [3.8, 4) is 5.75 Å². The Morgan fingerprint density at radius 1 is 1.36 bits per heavy atom. The van der Waals surface area contributed by atoms with E-state index in [1.165, 1.54) is 0 Å². The summed E-state index contributed by atoms with van der Waals surface area (Å²) in [6.45, 7) is 1.97. The summed E-state index contributed by atoms with van der Waals surface area (Å²) in [5.41, 5.74) is 6.70. The number of nitrogens with one attached hydrogen (secondary N) is 1. The molecule has 8 heteroatoms. The van der Waals surface area contributed by atoms with Gasteiger partial charge in [-0.05, 0) is 43.5 Å². The van der Waals surface area contributed by atoms with Crippen LogP contribution in [-0.4, -0.2) is 22.1 Å². The van der Waals surface area contributed by atoms with Crippen molar-refractivity contribution < 1.29 is 14.1 Å². The lowest BCUT2D eigenvalue weighted by Gasteiger charge is -2.25. The number of ether oxygens (including phenoxy) is 1. The molecule has 1 saturated carbocycles. The summed E-state index contributed by atoms with van der Waals surface area (Å²) < 4.78 is 10.5. The first-order chi connectivity index (χ1) is 11.6. The standard InChI is InChI=1S/C17H22N4O3.ClH/c1-11-19-16(21-24-11)10-23-15-7-5-14(6-8-15)20-17(22)12-3-2-4-13(18)9-12;/h5-8,12-13H,2-4,9-10,18H2,1H3,(H,20,22);1H. The third-order valence-corrected chi connectivity index (χ3v) is 4.14. The zero-order valence-electron chi connectivity index (χ0n) is 14.1. The van der Waals surface area contributed by atoms with E-state index >= 15 is 0 Å². The molecule has 3 rings (SSSR count). The number of rotatable bonds is 5. The summed E-state index contributed by atoms with van der Waals surface area (Å²) in [6.07, 6.45) is 3.69. The van der Waals surface area contributed by atoms with E-state index in [2.05, 4.69) is 15.5 Å². The Morgan fingerprint density at radius 2 is 2.12 bits per heavy atom. The van der Waals surface area contributed by atoms with Crippen LogP contribution in [0.4, 0.5) is 5.69 Å². The van der Waals surface area contributed by atoms with Crippen LogP contribution in [0.2, 0.25) is 0 Å². The molecule has 1 aromatic heterocycles. The predicted octanol–water partition coefficient (Wildman–Crippen LogP) is 2.83. The number of nitrogens with two attached hydrogens (primary N) is 1. The topological polar surface area (TPSA) is 103 Å². The van der Waals surface area contributed by atoms with Crippen molar-refractivity contribution in [2.75, 3.05) is 5.32 Å². The van der Waals surface area contributed by atoms with Crippen LogP contribution in [0.5, 0.6) is 5.75 Å². The number of aromatic nitrogens is 2. The normalized spacial score (nSPS) is 19.8. The van der Waals surface area contributed by atoms with Crippen LogP contribution in [0.25, 0.3) is 0 Å². The summed E-state index contributed by atoms with van der Waals surface area (Å²) in [7, 11) is 0. The SMILES string of the molecule is Cc1nc(COc2ccc(NC(=O)C3CCCC(N)C3)cc2)no1.Cl. The first-order valence-electron chi connectivity index (χ1n) is 8.18. The van der Waals surface area contributed by atoms with Crippen molar-refractivity contribution >= 4 is 24.0 Å². The maximum atomic E-state index is 12.3. The van der Waals surface area contributed by atoms with Crippen LogP contribution in [0.15, 0.2) is 28.8 Å². The monoisotopic (exact) mass is 366 g/mol. The molecule has 0 aliphatic heterocycles. The highest BCUT2D eigenvalue weighted by atomic mass is 35.5. The van der Waals surface area contributed by atoms with Gasteiger partial charge in [0.05, 0.1) is 0 Å². The van der Waals surface area contributed by atoms with Gasteiger partial charge in [0.2, 0.25) is 17.6 Å². The van der Waals surface area contributed by atoms with Crippen molar-refractivity contribution in [1.29, 1.82) is 0 Å². The van der Waals surface area contributed by atoms with Crippen LogP contribution in [0, 0.1) is 12.8 Å². The van der Waals surface area contributed by atoms with Gasteiger partial charge in [0.1, 0.15) is 5.75 Å². The van der Waals surface area contributed by atoms with E-state index in [0.717, 1.165) is 31.4 Å². The van der Waals surface area contributed by atoms with E-state index < -0.39 is 0 Å². The van der Waals surface area contributed by atoms with Crippen LogP contribution >= 0.6 is 12.4 Å². The maximum Gasteiger partial charge on any atom is 0.227 e. The van der Waals surface area contributed by atoms with Gasteiger partial charge < -0.3 is 20.3 Å². The third-order valence-electron chi connectivity index (χ3n) is 4.14. The van der Waals surface area contributed by atoms with Gasteiger partial charge in [0, 0.05) is 24.6 Å². The predicted molar refractivity (Wildman–Crippen MR) is 95.6 cm³/mol. The summed E-state index contributed by atoms with van der Waals surface area (Å²) in [6, 6.07) is 7.37. The van der Waals surface area contributed by atoms with E-state index in [4.69, 9.17) is 15.0 Å². The molecule has 1 aliphatic rings. The second kappa shape index (κ2) is 8.82. The fourth-order valence-electron chi connectivity index (χ4n) is 2.89. The lowest BCUT2D eigenvalue weighted by atomic mass is 9.85. The number of hydrogen-bond acceptors (Lipinski definition) is 6. The minimum absolute atomic E-state index is 0. The third kappa shape index (κ3) is 5.44. The number of aryl methyl sites for hydroxylation is 1. The van der Waals surface area contributed by atoms with Gasteiger partial charge in [0.25, 0.3) is 0 Å². The number of halogens is 1. The fraction of sp³-hybridized carbons (Fsp3) is 0.471. The Kier molecular flexibility index (Phi) is 6.78. The lowest BCUT2D eigenvalue weighted by molar-refractivity contribution is -0.120. The highest BCUT2D eigenvalue weighted by Crippen LogP contribution is 2.25. The minimum atomic E-state index is 0. The summed E-state index contributed by atoms with van der Waals surface area (Å²) in [4.78, 5) is 16.4. The molecule has 1 amide bonds. The number of anilines is 1. The highest BCUT2D eigenvalue weighted by Gasteiger charge is 2.25. The van der Waals surface area contributed by atoms with Crippen molar-refractivity contribution in [2.45, 2.75) is 45.3 Å². The summed E-state index contributed by atoms with van der Waals surface area (Å²) in [5, 5.41) is 6.71. The molecule has 2 atom stereocenters. The van der Waals surface area contributed by atoms with Crippen LogP contribution in [-0.2, 0) is 11.4 Å². The molecule has 1 aliphatic carbocycles. The number of amides is 1. The second-order valence-corrected chi connectivity index (χ2v) is 6.16. The smallest absolute Gasteiger partial charge is 0.227 e. The molecule has 25 heavy (non-hydrogen) atoms. The van der Waals surface area contributed by atoms with Gasteiger partial charge in [-0.25, -0.2) is 0 Å². The van der Waals surface area contributed by atoms with Gasteiger partial charge in [-0.3, -0.25) is 4.79 Å². The second-order valence-electron chi connectivity index (χ2n) is 6.16. The lowest BCUT2D eigenvalue weighted by Crippen LogP contribution is -2.34. The Hall–Kier alpha value is -2.12. The number of benzene rings is 1. The first-order valence-corrected chi connectivity index (χ1v) is 8.18. The van der Waals surface area contributed by atoms with Crippen molar-refractivity contribution in [3.05, 3.63) is 36.0 Å². The van der Waals surface area contributed by atoms with Gasteiger partial charge >= 0.3 is 0 Å². The molecule has 1 aromatic carbocycles. The fourth-order valence-corrected chi connectivity index (χ4v) is 2.89. The maximum absolute atomic E-state index is 12.3. The summed E-state index contributed by atoms with van der Waals surface area (Å²) in [5.74, 6) is 1.73. The Balaban J connectivity index is 0.00000225. The molecule has 2 aromatic rings. The Labute approximate surface area is 152 Å². The molecule has 1 heterocycles. The molecular weight excluding hydrogens is 344 g/mol. The molecule has 136 valence electrons. The van der Waals surface area contributed by atoms with Gasteiger partial charge in [0.15, 0.2) is 6.61 Å². The number of carbonyl (C=O) groups excluding carboxylic acids is 1. The molecule has 0 bridgehead atoms. The van der Waals surface area contributed by atoms with Crippen LogP contribution < -0.4 is 15.8 Å². The van der Waals surface area contributed by atoms with Gasteiger partial charge in [-0.2, -0.15) is 4.98 Å². The molecule has 0 saturated heterocycles. The largest absolute Gasteiger partial charge is 0.485 e. The average molecular weight is 367 g/mol. The van der Waals surface area contributed by atoms with Gasteiger partial charge in [-0.1, -0.05) is 11.6 Å². The summed E-state index contributed by atoms with van der Waals surface area (Å²) >= 11 is 0. The Morgan fingerprint density at radius 3 is 2.76 bits per heavy atom. The molecule has 7 nitrogen and oxygen atoms in total. The molecular formula is C17H23ClN4O3. The van der Waals surface area contributed by atoms with Gasteiger partial charge in [-0.15, -0.1) is 12.4 Å². The van der Waals surface area contributed by atoms with E-state index in [1.54, 1.807) is 19.1 Å². The number of nitrogens with zero attached hydrogens (tertiary/aromatic N) is 2. The molecule has 1 fully saturated rings. The van der Waals surface area contributed by atoms with E-state index in [9.17, 15) is 4.79 Å². The van der Waals surface area contributed by atoms with E-state index in [-0.39, 0.29) is 36.9 Å². The minimum Gasteiger partial charge on any atom is -0.485 e. The van der Waals surface area contributed by atoms with E-state index in [1.807, 2.05) is 12.1 Å². The zero-order chi connectivity index (χ0) is 16.9. The zero-order valence-corrected chi connectivity index (χ0v) is 14.9. The average Bonchev–Trinajstić information content (AvgIpc) is 3.00. The quantitative estimate of drug-likeness (QED) is 0.843. The Bertz CT molecular complexity index is 689. The van der Waals surface area contributed by atoms with Crippen molar-refractivity contribution in [2.24, 2.45) is 11.7 Å². The number of carbonyl (C=O) groups is 1. The number of hydrogen-bond donors (Lipinski definition) is 2.